The zero-order valence-electron chi connectivity index (χ0n) is 7.46. The maximum absolute atomic E-state index is 12.5. The molecule has 0 aliphatic heterocycles. The molecule has 14 heavy (non-hydrogen) atoms. The Morgan fingerprint density at radius 2 is 2.00 bits per heavy atom. The Labute approximate surface area is 89.5 Å². The topological polar surface area (TPSA) is 26.3 Å². The van der Waals surface area contributed by atoms with Gasteiger partial charge in [-0.15, -0.1) is 0 Å². The van der Waals surface area contributed by atoms with Crippen molar-refractivity contribution in [3.63, 3.8) is 0 Å². The van der Waals surface area contributed by atoms with Crippen molar-refractivity contribution in [3.05, 3.63) is 40.1 Å². The second-order valence-corrected chi connectivity index (χ2v) is 3.39. The van der Waals surface area contributed by atoms with Gasteiger partial charge in [0, 0.05) is 0 Å². The van der Waals surface area contributed by atoms with E-state index in [9.17, 15) is 9.18 Å². The lowest BCUT2D eigenvalue weighted by Gasteiger charge is -1.97. The van der Waals surface area contributed by atoms with Crippen LogP contribution in [0.15, 0.2) is 28.7 Å². The predicted molar refractivity (Wildman–Crippen MR) is 55.3 cm³/mol. The van der Waals surface area contributed by atoms with Gasteiger partial charge in [0.25, 0.3) is 0 Å². The summed E-state index contributed by atoms with van der Waals surface area (Å²) in [5, 5.41) is 0. The van der Waals surface area contributed by atoms with Crippen LogP contribution in [0.2, 0.25) is 0 Å². The molecule has 0 amide bonds. The standard InChI is InChI=1S/C10H8BrFO2/c1-14-10(13)9(11)6-7-2-4-8(12)5-3-7/h2-6H,1H3/b9-6-. The predicted octanol–water partition coefficient (Wildman–Crippen LogP) is 2.73. The quantitative estimate of drug-likeness (QED) is 0.603. The molecule has 0 radical (unpaired) electrons. The number of esters is 1. The maximum atomic E-state index is 12.5. The Kier molecular flexibility index (Phi) is 3.83. The van der Waals surface area contributed by atoms with E-state index in [4.69, 9.17) is 0 Å². The van der Waals surface area contributed by atoms with Crippen LogP contribution in [0, 0.1) is 5.82 Å². The molecule has 0 N–H and O–H groups in total. The fourth-order valence-corrected chi connectivity index (χ4v) is 1.29. The van der Waals surface area contributed by atoms with Crippen LogP contribution in [0.25, 0.3) is 6.08 Å². The van der Waals surface area contributed by atoms with Gasteiger partial charge >= 0.3 is 5.97 Å². The smallest absolute Gasteiger partial charge is 0.344 e. The molecule has 0 atom stereocenters. The number of ether oxygens (including phenoxy) is 1. The number of benzene rings is 1. The molecule has 2 nitrogen and oxygen atoms in total. The van der Waals surface area contributed by atoms with Gasteiger partial charge in [0.05, 0.1) is 7.11 Å². The molecule has 0 heterocycles. The number of rotatable bonds is 2. The molecule has 0 aliphatic rings. The van der Waals surface area contributed by atoms with E-state index in [1.807, 2.05) is 0 Å². The third kappa shape index (κ3) is 2.96. The van der Waals surface area contributed by atoms with Gasteiger partial charge in [0.1, 0.15) is 10.3 Å². The normalized spacial score (nSPS) is 11.2. The van der Waals surface area contributed by atoms with Crippen molar-refractivity contribution in [2.45, 2.75) is 0 Å². The first-order chi connectivity index (χ1) is 6.63. The summed E-state index contributed by atoms with van der Waals surface area (Å²) in [5.74, 6) is -0.773. The minimum Gasteiger partial charge on any atom is -0.465 e. The number of carbonyl (C=O) groups is 1. The van der Waals surface area contributed by atoms with Crippen molar-refractivity contribution in [2.75, 3.05) is 7.11 Å². The van der Waals surface area contributed by atoms with Crippen LogP contribution < -0.4 is 0 Å². The van der Waals surface area contributed by atoms with Gasteiger partial charge in [-0.05, 0) is 39.7 Å². The molecular formula is C10H8BrFO2. The highest BCUT2D eigenvalue weighted by Gasteiger charge is 2.04. The lowest BCUT2D eigenvalue weighted by molar-refractivity contribution is -0.135. The van der Waals surface area contributed by atoms with Gasteiger partial charge in [-0.25, -0.2) is 9.18 Å². The first-order valence-corrected chi connectivity index (χ1v) is 4.64. The van der Waals surface area contributed by atoms with E-state index in [0.717, 1.165) is 5.56 Å². The molecule has 0 unspecified atom stereocenters. The largest absolute Gasteiger partial charge is 0.465 e. The van der Waals surface area contributed by atoms with Crippen LogP contribution in [0.3, 0.4) is 0 Å². The molecule has 0 fully saturated rings. The summed E-state index contributed by atoms with van der Waals surface area (Å²) in [7, 11) is 1.29. The molecule has 74 valence electrons. The number of hydrogen-bond donors (Lipinski definition) is 0. The number of halogens is 2. The van der Waals surface area contributed by atoms with E-state index in [0.29, 0.717) is 4.48 Å². The Hall–Kier alpha value is -1.16. The highest BCUT2D eigenvalue weighted by molar-refractivity contribution is 9.12. The van der Waals surface area contributed by atoms with E-state index < -0.39 is 5.97 Å². The van der Waals surface area contributed by atoms with Gasteiger partial charge in [-0.3, -0.25) is 0 Å². The van der Waals surface area contributed by atoms with Crippen LogP contribution >= 0.6 is 15.9 Å². The minimum atomic E-state index is -0.464. The lowest BCUT2D eigenvalue weighted by Crippen LogP contribution is -1.98. The molecule has 0 spiro atoms. The van der Waals surface area contributed by atoms with E-state index in [1.54, 1.807) is 18.2 Å². The van der Waals surface area contributed by atoms with Gasteiger partial charge < -0.3 is 4.74 Å². The van der Waals surface area contributed by atoms with Crippen molar-refractivity contribution in [1.82, 2.24) is 0 Å². The molecule has 0 aliphatic carbocycles. The van der Waals surface area contributed by atoms with Crippen LogP contribution in [-0.2, 0) is 9.53 Å². The summed E-state index contributed by atoms with van der Waals surface area (Å²) in [6, 6.07) is 5.78. The molecule has 1 aromatic carbocycles. The first kappa shape index (κ1) is 10.9. The Bertz CT molecular complexity index is 357. The average Bonchev–Trinajstić information content (AvgIpc) is 2.20. The van der Waals surface area contributed by atoms with Crippen LogP contribution in [-0.4, -0.2) is 13.1 Å². The minimum absolute atomic E-state index is 0.298. The van der Waals surface area contributed by atoms with E-state index >= 15 is 0 Å². The third-order valence-corrected chi connectivity index (χ3v) is 2.10. The van der Waals surface area contributed by atoms with E-state index in [2.05, 4.69) is 20.7 Å². The van der Waals surface area contributed by atoms with Gasteiger partial charge in [-0.2, -0.15) is 0 Å². The molecule has 0 aromatic heterocycles. The molecule has 1 aromatic rings. The van der Waals surface area contributed by atoms with Gasteiger partial charge in [-0.1, -0.05) is 12.1 Å². The highest BCUT2D eigenvalue weighted by atomic mass is 79.9. The highest BCUT2D eigenvalue weighted by Crippen LogP contribution is 2.13. The Morgan fingerprint density at radius 3 is 2.50 bits per heavy atom. The van der Waals surface area contributed by atoms with Gasteiger partial charge in [0.15, 0.2) is 0 Å². The molecule has 1 rings (SSSR count). The second-order valence-electron chi connectivity index (χ2n) is 2.54. The van der Waals surface area contributed by atoms with Crippen molar-refractivity contribution in [3.8, 4) is 0 Å². The Morgan fingerprint density at radius 1 is 1.43 bits per heavy atom. The summed E-state index contributed by atoms with van der Waals surface area (Å²) in [4.78, 5) is 11.0. The maximum Gasteiger partial charge on any atom is 0.344 e. The fraction of sp³-hybridized carbons (Fsp3) is 0.100. The zero-order chi connectivity index (χ0) is 10.6. The van der Waals surface area contributed by atoms with Crippen LogP contribution in [0.4, 0.5) is 4.39 Å². The lowest BCUT2D eigenvalue weighted by atomic mass is 10.2. The second kappa shape index (κ2) is 4.91. The monoisotopic (exact) mass is 258 g/mol. The zero-order valence-corrected chi connectivity index (χ0v) is 9.05. The van der Waals surface area contributed by atoms with Crippen molar-refractivity contribution >= 4 is 28.0 Å². The number of carbonyl (C=O) groups excluding carboxylic acids is 1. The number of hydrogen-bond acceptors (Lipinski definition) is 2. The SMILES string of the molecule is COC(=O)/C(Br)=C/c1ccc(F)cc1. The average molecular weight is 259 g/mol. The summed E-state index contributed by atoms with van der Waals surface area (Å²) < 4.78 is 17.3. The van der Waals surface area contributed by atoms with Crippen LogP contribution in [0.1, 0.15) is 5.56 Å². The summed E-state index contributed by atoms with van der Waals surface area (Å²) >= 11 is 3.05. The molecule has 0 saturated heterocycles. The van der Waals surface area contributed by atoms with Crippen molar-refractivity contribution in [2.24, 2.45) is 0 Å². The third-order valence-electron chi connectivity index (χ3n) is 1.54. The molecule has 0 bridgehead atoms. The summed E-state index contributed by atoms with van der Waals surface area (Å²) in [6.45, 7) is 0. The first-order valence-electron chi connectivity index (χ1n) is 3.84. The van der Waals surface area contributed by atoms with E-state index in [1.165, 1.54) is 19.2 Å². The number of methoxy groups -OCH3 is 1. The van der Waals surface area contributed by atoms with Crippen LogP contribution in [0.5, 0.6) is 0 Å². The molecular weight excluding hydrogens is 251 g/mol. The Balaban J connectivity index is 2.86. The fourth-order valence-electron chi connectivity index (χ4n) is 0.862. The van der Waals surface area contributed by atoms with Gasteiger partial charge in [0.2, 0.25) is 0 Å². The van der Waals surface area contributed by atoms with Crippen molar-refractivity contribution in [1.29, 1.82) is 0 Å². The summed E-state index contributed by atoms with van der Waals surface area (Å²) in [6.07, 6.45) is 1.56. The molecule has 0 saturated carbocycles. The molecule has 4 heteroatoms. The summed E-state index contributed by atoms with van der Waals surface area (Å²) in [5.41, 5.74) is 0.726. The van der Waals surface area contributed by atoms with E-state index in [-0.39, 0.29) is 5.82 Å². The van der Waals surface area contributed by atoms with Crippen molar-refractivity contribution < 1.29 is 13.9 Å².